The van der Waals surface area contributed by atoms with Gasteiger partial charge in [-0.25, -0.2) is 8.42 Å². The number of hydrogen-bond acceptors (Lipinski definition) is 4. The lowest BCUT2D eigenvalue weighted by Crippen LogP contribution is -2.51. The molecule has 1 rings (SSSR count). The summed E-state index contributed by atoms with van der Waals surface area (Å²) in [4.78, 5) is 2.21. The predicted octanol–water partition coefficient (Wildman–Crippen LogP) is 0.256. The molecule has 1 fully saturated rings. The highest BCUT2D eigenvalue weighted by molar-refractivity contribution is 7.88. The Labute approximate surface area is 97.7 Å². The molecule has 1 unspecified atom stereocenters. The van der Waals surface area contributed by atoms with Crippen molar-refractivity contribution in [3.63, 3.8) is 0 Å². The molecule has 0 aromatic rings. The summed E-state index contributed by atoms with van der Waals surface area (Å²) in [5, 5.41) is 8.70. The average Bonchev–Trinajstić information content (AvgIpc) is 2.25. The van der Waals surface area contributed by atoms with Crippen LogP contribution in [0.5, 0.6) is 0 Å². The average molecular weight is 245 g/mol. The van der Waals surface area contributed by atoms with Crippen molar-refractivity contribution in [3.05, 3.63) is 0 Å². The molecule has 0 aromatic heterocycles. The Balaban J connectivity index is 2.51. The zero-order valence-corrected chi connectivity index (χ0v) is 10.7. The van der Waals surface area contributed by atoms with Crippen molar-refractivity contribution in [2.24, 2.45) is 0 Å². The molecule has 1 aliphatic rings. The summed E-state index contributed by atoms with van der Waals surface area (Å²) in [5.74, 6) is 0. The molecule has 0 aromatic carbocycles. The quantitative estimate of drug-likeness (QED) is 0.712. The number of sulfonamides is 1. The summed E-state index contributed by atoms with van der Waals surface area (Å²) >= 11 is 0. The van der Waals surface area contributed by atoms with Gasteiger partial charge in [0, 0.05) is 32.2 Å². The molecule has 5 nitrogen and oxygen atoms in total. The standard InChI is InChI=1S/C10H19N3O2S/c1-3-10(4-5-11)12-6-8-13(9-7-12)16(2,14)15/h10H,3-4,6-9H2,1-2H3. The first-order chi connectivity index (χ1) is 7.49. The van der Waals surface area contributed by atoms with Crippen LogP contribution < -0.4 is 0 Å². The fourth-order valence-corrected chi connectivity index (χ4v) is 2.86. The van der Waals surface area contributed by atoms with E-state index in [0.717, 1.165) is 19.5 Å². The zero-order chi connectivity index (χ0) is 12.2. The van der Waals surface area contributed by atoms with E-state index in [0.29, 0.717) is 19.5 Å². The van der Waals surface area contributed by atoms with Crippen LogP contribution in [0.4, 0.5) is 0 Å². The van der Waals surface area contributed by atoms with E-state index < -0.39 is 10.0 Å². The minimum Gasteiger partial charge on any atom is -0.297 e. The predicted molar refractivity (Wildman–Crippen MR) is 62.3 cm³/mol. The molecular formula is C10H19N3O2S. The van der Waals surface area contributed by atoms with E-state index in [1.165, 1.54) is 10.6 Å². The first-order valence-electron chi connectivity index (χ1n) is 5.55. The Morgan fingerprint density at radius 1 is 1.31 bits per heavy atom. The number of nitrogens with zero attached hydrogens (tertiary/aromatic N) is 3. The third-order valence-corrected chi connectivity index (χ3v) is 4.36. The maximum atomic E-state index is 11.3. The molecule has 0 amide bonds. The second-order valence-electron chi connectivity index (χ2n) is 4.12. The first-order valence-corrected chi connectivity index (χ1v) is 7.40. The summed E-state index contributed by atoms with van der Waals surface area (Å²) in [6, 6.07) is 2.45. The van der Waals surface area contributed by atoms with Crippen LogP contribution in [0.2, 0.25) is 0 Å². The van der Waals surface area contributed by atoms with E-state index in [1.54, 1.807) is 0 Å². The SMILES string of the molecule is CCC(CC#N)N1CCN(S(C)(=O)=O)CC1. The number of piperazine rings is 1. The van der Waals surface area contributed by atoms with Gasteiger partial charge >= 0.3 is 0 Å². The smallest absolute Gasteiger partial charge is 0.211 e. The molecule has 0 spiro atoms. The summed E-state index contributed by atoms with van der Waals surface area (Å²) in [7, 11) is -3.05. The summed E-state index contributed by atoms with van der Waals surface area (Å²) in [5.41, 5.74) is 0. The molecule has 0 radical (unpaired) electrons. The fraction of sp³-hybridized carbons (Fsp3) is 0.900. The molecule has 6 heteroatoms. The highest BCUT2D eigenvalue weighted by atomic mass is 32.2. The van der Waals surface area contributed by atoms with E-state index in [1.807, 2.05) is 0 Å². The maximum absolute atomic E-state index is 11.3. The number of hydrogen-bond donors (Lipinski definition) is 0. The summed E-state index contributed by atoms with van der Waals surface area (Å²) in [6.45, 7) is 4.60. The maximum Gasteiger partial charge on any atom is 0.211 e. The van der Waals surface area contributed by atoms with Crippen LogP contribution in [0.3, 0.4) is 0 Å². The third kappa shape index (κ3) is 3.44. The second-order valence-corrected chi connectivity index (χ2v) is 6.10. The molecule has 16 heavy (non-hydrogen) atoms. The molecule has 0 N–H and O–H groups in total. The Morgan fingerprint density at radius 2 is 1.88 bits per heavy atom. The van der Waals surface area contributed by atoms with Crippen LogP contribution in [0.1, 0.15) is 19.8 Å². The minimum atomic E-state index is -3.05. The van der Waals surface area contributed by atoms with Crippen molar-refractivity contribution in [2.45, 2.75) is 25.8 Å². The van der Waals surface area contributed by atoms with Gasteiger partial charge in [0.15, 0.2) is 0 Å². The van der Waals surface area contributed by atoms with E-state index in [4.69, 9.17) is 5.26 Å². The molecule has 92 valence electrons. The minimum absolute atomic E-state index is 0.270. The van der Waals surface area contributed by atoms with Crippen molar-refractivity contribution in [3.8, 4) is 6.07 Å². The highest BCUT2D eigenvalue weighted by Gasteiger charge is 2.26. The normalized spacial score (nSPS) is 21.6. The van der Waals surface area contributed by atoms with Gasteiger partial charge in [-0.3, -0.25) is 4.90 Å². The summed E-state index contributed by atoms with van der Waals surface area (Å²) < 4.78 is 24.1. The topological polar surface area (TPSA) is 64.4 Å². The molecule has 1 aliphatic heterocycles. The Morgan fingerprint density at radius 3 is 2.25 bits per heavy atom. The van der Waals surface area contributed by atoms with Gasteiger partial charge in [-0.15, -0.1) is 0 Å². The van der Waals surface area contributed by atoms with Gasteiger partial charge in [0.1, 0.15) is 0 Å². The Hall–Kier alpha value is -0.640. The fourth-order valence-electron chi connectivity index (χ4n) is 2.04. The van der Waals surface area contributed by atoms with Crippen molar-refractivity contribution < 1.29 is 8.42 Å². The van der Waals surface area contributed by atoms with Crippen LogP contribution in [-0.4, -0.2) is 56.1 Å². The largest absolute Gasteiger partial charge is 0.297 e. The van der Waals surface area contributed by atoms with Gasteiger partial charge < -0.3 is 0 Å². The van der Waals surface area contributed by atoms with Crippen molar-refractivity contribution in [1.29, 1.82) is 5.26 Å². The van der Waals surface area contributed by atoms with Gasteiger partial charge in [0.05, 0.1) is 18.7 Å². The lowest BCUT2D eigenvalue weighted by atomic mass is 10.1. The van der Waals surface area contributed by atoms with E-state index in [-0.39, 0.29) is 6.04 Å². The zero-order valence-electron chi connectivity index (χ0n) is 9.89. The second kappa shape index (κ2) is 5.62. The summed E-state index contributed by atoms with van der Waals surface area (Å²) in [6.07, 6.45) is 2.71. The Kier molecular flexibility index (Phi) is 4.71. The van der Waals surface area contributed by atoms with E-state index >= 15 is 0 Å². The van der Waals surface area contributed by atoms with Crippen LogP contribution in [-0.2, 0) is 10.0 Å². The number of rotatable bonds is 4. The lowest BCUT2D eigenvalue weighted by Gasteiger charge is -2.37. The van der Waals surface area contributed by atoms with Crippen LogP contribution in [0.25, 0.3) is 0 Å². The van der Waals surface area contributed by atoms with Crippen molar-refractivity contribution in [1.82, 2.24) is 9.21 Å². The van der Waals surface area contributed by atoms with E-state index in [9.17, 15) is 8.42 Å². The van der Waals surface area contributed by atoms with Crippen LogP contribution >= 0.6 is 0 Å². The monoisotopic (exact) mass is 245 g/mol. The molecule has 1 heterocycles. The Bertz CT molecular complexity index is 353. The van der Waals surface area contributed by atoms with Gasteiger partial charge in [-0.05, 0) is 6.42 Å². The van der Waals surface area contributed by atoms with Gasteiger partial charge in [-0.2, -0.15) is 9.57 Å². The molecular weight excluding hydrogens is 226 g/mol. The van der Waals surface area contributed by atoms with Crippen molar-refractivity contribution in [2.75, 3.05) is 32.4 Å². The molecule has 0 saturated carbocycles. The van der Waals surface area contributed by atoms with Crippen LogP contribution in [0, 0.1) is 11.3 Å². The number of nitriles is 1. The van der Waals surface area contributed by atoms with Gasteiger partial charge in [0.25, 0.3) is 0 Å². The first kappa shape index (κ1) is 13.4. The van der Waals surface area contributed by atoms with Gasteiger partial charge in [-0.1, -0.05) is 6.92 Å². The molecule has 0 bridgehead atoms. The van der Waals surface area contributed by atoms with Crippen molar-refractivity contribution >= 4 is 10.0 Å². The molecule has 0 aliphatic carbocycles. The van der Waals surface area contributed by atoms with Crippen LogP contribution in [0.15, 0.2) is 0 Å². The molecule has 1 saturated heterocycles. The van der Waals surface area contributed by atoms with Gasteiger partial charge in [0.2, 0.25) is 10.0 Å². The van der Waals surface area contributed by atoms with E-state index in [2.05, 4.69) is 17.9 Å². The molecule has 1 atom stereocenters. The third-order valence-electron chi connectivity index (χ3n) is 3.06. The lowest BCUT2D eigenvalue weighted by molar-refractivity contribution is 0.135. The highest BCUT2D eigenvalue weighted by Crippen LogP contribution is 2.13.